The van der Waals surface area contributed by atoms with Gasteiger partial charge in [0.1, 0.15) is 18.0 Å². The number of aromatic amines is 1. The molecule has 5 nitrogen and oxygen atoms in total. The van der Waals surface area contributed by atoms with Crippen molar-refractivity contribution in [3.63, 3.8) is 0 Å². The molecule has 2 N–H and O–H groups in total. The van der Waals surface area contributed by atoms with Gasteiger partial charge >= 0.3 is 6.18 Å². The first-order valence-electron chi connectivity index (χ1n) is 11.3. The van der Waals surface area contributed by atoms with Crippen LogP contribution in [0.25, 0.3) is 44.5 Å². The minimum atomic E-state index is -4.37. The third kappa shape index (κ3) is 4.47. The largest absolute Gasteiger partial charge is 0.416 e. The number of para-hydroxylation sites is 2. The van der Waals surface area contributed by atoms with Gasteiger partial charge in [0.15, 0.2) is 0 Å². The van der Waals surface area contributed by atoms with Gasteiger partial charge in [-0.3, -0.25) is 0 Å². The molecule has 6 aromatic rings. The molecule has 0 unspecified atom stereocenters. The van der Waals surface area contributed by atoms with Crippen LogP contribution in [0.1, 0.15) is 5.56 Å². The lowest BCUT2D eigenvalue weighted by Gasteiger charge is -2.12. The fourth-order valence-electron chi connectivity index (χ4n) is 4.19. The number of anilines is 2. The number of fused-ring (bicyclic) bond motifs is 2. The van der Waals surface area contributed by atoms with Crippen molar-refractivity contribution < 1.29 is 13.2 Å². The average molecular weight is 516 g/mol. The number of H-pyrrole nitrogens is 1. The molecule has 2 aromatic heterocycles. The van der Waals surface area contributed by atoms with Crippen LogP contribution < -0.4 is 5.32 Å². The van der Waals surface area contributed by atoms with Crippen LogP contribution in [0.5, 0.6) is 0 Å². The van der Waals surface area contributed by atoms with Crippen molar-refractivity contribution in [1.29, 1.82) is 0 Å². The molecule has 37 heavy (non-hydrogen) atoms. The van der Waals surface area contributed by atoms with Gasteiger partial charge in [0, 0.05) is 16.6 Å². The molecule has 0 aliphatic carbocycles. The third-order valence-electron chi connectivity index (χ3n) is 6.06. The van der Waals surface area contributed by atoms with Gasteiger partial charge in [-0.25, -0.2) is 15.0 Å². The molecule has 0 radical (unpaired) electrons. The summed E-state index contributed by atoms with van der Waals surface area (Å²) in [5.74, 6) is 1.24. The quantitative estimate of drug-likeness (QED) is 0.248. The molecule has 0 saturated carbocycles. The predicted octanol–water partition coefficient (Wildman–Crippen LogP) is 8.26. The first-order valence-corrected chi connectivity index (χ1v) is 11.7. The molecular formula is C28H17ClF3N5. The molecular weight excluding hydrogens is 499 g/mol. The molecule has 2 heterocycles. The molecule has 0 aliphatic heterocycles. The summed E-state index contributed by atoms with van der Waals surface area (Å²) in [4.78, 5) is 16.7. The molecule has 4 aromatic carbocycles. The fourth-order valence-corrected chi connectivity index (χ4v) is 4.40. The number of rotatable bonds is 4. The van der Waals surface area contributed by atoms with E-state index in [2.05, 4.69) is 25.3 Å². The molecule has 0 bridgehead atoms. The summed E-state index contributed by atoms with van der Waals surface area (Å²) in [6.07, 6.45) is -2.93. The topological polar surface area (TPSA) is 66.5 Å². The minimum Gasteiger partial charge on any atom is -0.340 e. The first kappa shape index (κ1) is 23.0. The van der Waals surface area contributed by atoms with Crippen molar-refractivity contribution >= 4 is 45.0 Å². The van der Waals surface area contributed by atoms with Crippen molar-refractivity contribution in [2.45, 2.75) is 6.18 Å². The van der Waals surface area contributed by atoms with E-state index in [0.29, 0.717) is 27.7 Å². The Hall–Kier alpha value is -4.43. The maximum absolute atomic E-state index is 12.9. The van der Waals surface area contributed by atoms with Gasteiger partial charge in [0.05, 0.1) is 27.1 Å². The van der Waals surface area contributed by atoms with Crippen molar-refractivity contribution in [2.24, 2.45) is 0 Å². The number of imidazole rings is 1. The fraction of sp³-hybridized carbons (Fsp3) is 0.0357. The third-order valence-corrected chi connectivity index (χ3v) is 6.39. The Bertz CT molecular complexity index is 1730. The lowest BCUT2D eigenvalue weighted by atomic mass is 10.0. The normalized spacial score (nSPS) is 11.8. The Balaban J connectivity index is 1.32. The zero-order valence-electron chi connectivity index (χ0n) is 19.0. The molecule has 0 saturated heterocycles. The summed E-state index contributed by atoms with van der Waals surface area (Å²) in [5, 5.41) is 4.64. The summed E-state index contributed by atoms with van der Waals surface area (Å²) in [6, 6.07) is 23.8. The van der Waals surface area contributed by atoms with E-state index >= 15 is 0 Å². The number of benzene rings is 4. The van der Waals surface area contributed by atoms with Crippen LogP contribution in [0.15, 0.2) is 91.3 Å². The van der Waals surface area contributed by atoms with Crippen molar-refractivity contribution in [3.05, 3.63) is 102 Å². The van der Waals surface area contributed by atoms with Crippen molar-refractivity contribution in [3.8, 4) is 22.5 Å². The van der Waals surface area contributed by atoms with Crippen molar-refractivity contribution in [2.75, 3.05) is 5.32 Å². The van der Waals surface area contributed by atoms with E-state index in [0.717, 1.165) is 45.4 Å². The lowest BCUT2D eigenvalue weighted by molar-refractivity contribution is -0.137. The molecule has 0 atom stereocenters. The summed E-state index contributed by atoms with van der Waals surface area (Å²) >= 11 is 6.49. The van der Waals surface area contributed by atoms with Crippen LogP contribution in [-0.4, -0.2) is 19.9 Å². The van der Waals surface area contributed by atoms with Crippen LogP contribution in [0.4, 0.5) is 24.7 Å². The van der Waals surface area contributed by atoms with Gasteiger partial charge in [-0.15, -0.1) is 0 Å². The van der Waals surface area contributed by atoms with Gasteiger partial charge in [0.25, 0.3) is 0 Å². The van der Waals surface area contributed by atoms with E-state index in [1.165, 1.54) is 18.5 Å². The first-order chi connectivity index (χ1) is 17.8. The van der Waals surface area contributed by atoms with Gasteiger partial charge in [0.2, 0.25) is 0 Å². The second-order valence-electron chi connectivity index (χ2n) is 8.45. The summed E-state index contributed by atoms with van der Waals surface area (Å²) < 4.78 is 38.7. The predicted molar refractivity (Wildman–Crippen MR) is 140 cm³/mol. The smallest absolute Gasteiger partial charge is 0.340 e. The van der Waals surface area contributed by atoms with Crippen LogP contribution in [0, 0.1) is 0 Å². The molecule has 0 aliphatic rings. The molecule has 9 heteroatoms. The zero-order valence-corrected chi connectivity index (χ0v) is 19.8. The van der Waals surface area contributed by atoms with E-state index in [4.69, 9.17) is 11.6 Å². The SMILES string of the molecule is FC(F)(F)c1ccc(-c2ccc3c(Nc4ccc(Cl)c(-c5nc6ccccc6[nH]5)c4)ncnc3c2)cc1. The Labute approximate surface area is 214 Å². The number of nitrogens with zero attached hydrogens (tertiary/aromatic N) is 3. The standard InChI is InChI=1S/C28H17ClF3N5/c29-22-12-10-19(14-21(22)27-36-23-3-1-2-4-24(23)37-27)35-26-20-11-7-17(13-25(20)33-15-34-26)16-5-8-18(9-6-16)28(30,31)32/h1-15H,(H,36,37)(H,33,34,35). The van der Waals surface area contributed by atoms with Gasteiger partial charge in [-0.2, -0.15) is 13.2 Å². The Morgan fingerprint density at radius 1 is 0.784 bits per heavy atom. The maximum atomic E-state index is 12.9. The van der Waals surface area contributed by atoms with E-state index in [-0.39, 0.29) is 0 Å². The molecule has 6 rings (SSSR count). The van der Waals surface area contributed by atoms with Crippen LogP contribution in [0.3, 0.4) is 0 Å². The van der Waals surface area contributed by atoms with E-state index in [9.17, 15) is 13.2 Å². The number of hydrogen-bond acceptors (Lipinski definition) is 4. The summed E-state index contributed by atoms with van der Waals surface area (Å²) in [7, 11) is 0. The Morgan fingerprint density at radius 2 is 1.57 bits per heavy atom. The van der Waals surface area contributed by atoms with Gasteiger partial charge in [-0.05, 0) is 65.7 Å². The van der Waals surface area contributed by atoms with E-state index in [1.54, 1.807) is 6.07 Å². The highest BCUT2D eigenvalue weighted by Gasteiger charge is 2.30. The van der Waals surface area contributed by atoms with Gasteiger partial charge in [-0.1, -0.05) is 41.9 Å². The monoisotopic (exact) mass is 515 g/mol. The maximum Gasteiger partial charge on any atom is 0.416 e. The zero-order chi connectivity index (χ0) is 25.6. The summed E-state index contributed by atoms with van der Waals surface area (Å²) in [6.45, 7) is 0. The highest BCUT2D eigenvalue weighted by molar-refractivity contribution is 6.33. The van der Waals surface area contributed by atoms with Crippen LogP contribution >= 0.6 is 11.6 Å². The van der Waals surface area contributed by atoms with Crippen LogP contribution in [-0.2, 0) is 6.18 Å². The molecule has 182 valence electrons. The number of nitrogens with one attached hydrogen (secondary N) is 2. The highest BCUT2D eigenvalue weighted by Crippen LogP contribution is 2.34. The molecule has 0 spiro atoms. The minimum absolute atomic E-state index is 0.554. The number of alkyl halides is 3. The second-order valence-corrected chi connectivity index (χ2v) is 8.86. The molecule has 0 fully saturated rings. The van der Waals surface area contributed by atoms with Crippen molar-refractivity contribution in [1.82, 2.24) is 19.9 Å². The summed E-state index contributed by atoms with van der Waals surface area (Å²) in [5.41, 5.74) is 4.64. The molecule has 0 amide bonds. The Kier molecular flexibility index (Phi) is 5.53. The lowest BCUT2D eigenvalue weighted by Crippen LogP contribution is -2.04. The second kappa shape index (κ2) is 8.90. The average Bonchev–Trinajstić information content (AvgIpc) is 3.33. The highest BCUT2D eigenvalue weighted by atomic mass is 35.5. The number of hydrogen-bond donors (Lipinski definition) is 2. The number of aromatic nitrogens is 4. The Morgan fingerprint density at radius 3 is 2.35 bits per heavy atom. The van der Waals surface area contributed by atoms with E-state index in [1.807, 2.05) is 54.6 Å². The van der Waals surface area contributed by atoms with E-state index < -0.39 is 11.7 Å². The van der Waals surface area contributed by atoms with Crippen LogP contribution in [0.2, 0.25) is 5.02 Å². The number of halogens is 4. The van der Waals surface area contributed by atoms with Gasteiger partial charge < -0.3 is 10.3 Å².